The summed E-state index contributed by atoms with van der Waals surface area (Å²) < 4.78 is 6.56. The minimum Gasteiger partial charge on any atom is -0.364 e. The minimum atomic E-state index is 0.101. The topological polar surface area (TPSA) is 21.3 Å². The molecule has 1 heterocycles. The third-order valence-corrected chi connectivity index (χ3v) is 4.63. The number of rotatable bonds is 1. The Bertz CT molecular complexity index is 404. The van der Waals surface area contributed by atoms with Crippen molar-refractivity contribution in [2.45, 2.75) is 57.2 Å². The van der Waals surface area contributed by atoms with E-state index in [-0.39, 0.29) is 11.7 Å². The van der Waals surface area contributed by atoms with E-state index in [9.17, 15) is 0 Å². The molecule has 1 aliphatic heterocycles. The average molecular weight is 259 g/mol. The number of aryl methyl sites for hydroxylation is 1. The fraction of sp³-hybridized carbons (Fsp3) is 0.647. The smallest absolute Gasteiger partial charge is 0.0957 e. The van der Waals surface area contributed by atoms with Crippen LogP contribution in [0.4, 0.5) is 0 Å². The Labute approximate surface area is 116 Å². The quantitative estimate of drug-likeness (QED) is 0.829. The highest BCUT2D eigenvalue weighted by molar-refractivity contribution is 5.24. The monoisotopic (exact) mass is 259 g/mol. The summed E-state index contributed by atoms with van der Waals surface area (Å²) in [4.78, 5) is 0. The summed E-state index contributed by atoms with van der Waals surface area (Å²) in [7, 11) is 0. The molecule has 1 aromatic rings. The molecule has 1 N–H and O–H groups in total. The molecule has 2 heteroatoms. The maximum absolute atomic E-state index is 6.56. The van der Waals surface area contributed by atoms with Crippen molar-refractivity contribution in [3.8, 4) is 0 Å². The van der Waals surface area contributed by atoms with E-state index in [1.807, 2.05) is 0 Å². The van der Waals surface area contributed by atoms with Gasteiger partial charge in [0.2, 0.25) is 0 Å². The predicted octanol–water partition coefficient (Wildman–Crippen LogP) is 3.75. The SMILES string of the molecule is Cc1ccc(C2CNCC3(CCCCCC3)O2)cc1. The van der Waals surface area contributed by atoms with Gasteiger partial charge in [-0.25, -0.2) is 0 Å². The Morgan fingerprint density at radius 1 is 1.05 bits per heavy atom. The molecule has 1 unspecified atom stereocenters. The van der Waals surface area contributed by atoms with Crippen molar-refractivity contribution in [2.75, 3.05) is 13.1 Å². The molecule has 2 nitrogen and oxygen atoms in total. The van der Waals surface area contributed by atoms with E-state index in [2.05, 4.69) is 36.5 Å². The Morgan fingerprint density at radius 2 is 1.74 bits per heavy atom. The summed E-state index contributed by atoms with van der Waals surface area (Å²) in [5.74, 6) is 0. The molecule has 0 radical (unpaired) electrons. The molecule has 104 valence electrons. The van der Waals surface area contributed by atoms with Gasteiger partial charge in [-0.05, 0) is 25.3 Å². The molecule has 1 spiro atoms. The summed E-state index contributed by atoms with van der Waals surface area (Å²) >= 11 is 0. The zero-order valence-electron chi connectivity index (χ0n) is 12.0. The fourth-order valence-electron chi connectivity index (χ4n) is 3.45. The van der Waals surface area contributed by atoms with Crippen molar-refractivity contribution in [2.24, 2.45) is 0 Å². The summed E-state index contributed by atoms with van der Waals surface area (Å²) in [6, 6.07) is 8.81. The number of ether oxygens (including phenoxy) is 1. The van der Waals surface area contributed by atoms with Crippen molar-refractivity contribution < 1.29 is 4.74 Å². The Morgan fingerprint density at radius 3 is 2.42 bits per heavy atom. The van der Waals surface area contributed by atoms with Crippen LogP contribution in [0.15, 0.2) is 24.3 Å². The first kappa shape index (κ1) is 13.1. The van der Waals surface area contributed by atoms with Crippen molar-refractivity contribution in [3.05, 3.63) is 35.4 Å². The lowest BCUT2D eigenvalue weighted by atomic mass is 9.91. The van der Waals surface area contributed by atoms with Crippen LogP contribution in [0, 0.1) is 6.92 Å². The van der Waals surface area contributed by atoms with Crippen molar-refractivity contribution >= 4 is 0 Å². The van der Waals surface area contributed by atoms with Crippen LogP contribution in [0.5, 0.6) is 0 Å². The average Bonchev–Trinajstić information content (AvgIpc) is 2.65. The van der Waals surface area contributed by atoms with E-state index < -0.39 is 0 Å². The van der Waals surface area contributed by atoms with E-state index in [1.54, 1.807) is 0 Å². The normalized spacial score (nSPS) is 27.1. The molecule has 1 saturated carbocycles. The number of morpholine rings is 1. The first-order valence-electron chi connectivity index (χ1n) is 7.73. The van der Waals surface area contributed by atoms with Gasteiger partial charge in [0.25, 0.3) is 0 Å². The molecule has 19 heavy (non-hydrogen) atoms. The highest BCUT2D eigenvalue weighted by Crippen LogP contribution is 2.36. The minimum absolute atomic E-state index is 0.101. The van der Waals surface area contributed by atoms with Crippen LogP contribution < -0.4 is 5.32 Å². The van der Waals surface area contributed by atoms with Gasteiger partial charge >= 0.3 is 0 Å². The summed E-state index contributed by atoms with van der Waals surface area (Å²) in [5.41, 5.74) is 2.74. The standard InChI is InChI=1S/C17H25NO/c1-14-6-8-15(9-7-14)16-12-18-13-17(19-16)10-4-2-3-5-11-17/h6-9,16,18H,2-5,10-13H2,1H3. The molecular weight excluding hydrogens is 234 g/mol. The molecule has 0 amide bonds. The second-order valence-electron chi connectivity index (χ2n) is 6.25. The summed E-state index contributed by atoms with van der Waals surface area (Å²) in [5, 5.41) is 3.61. The van der Waals surface area contributed by atoms with Gasteiger partial charge in [0.1, 0.15) is 0 Å². The van der Waals surface area contributed by atoms with Crippen LogP contribution in [0.2, 0.25) is 0 Å². The number of hydrogen-bond donors (Lipinski definition) is 1. The Balaban J connectivity index is 1.75. The number of nitrogens with one attached hydrogen (secondary N) is 1. The predicted molar refractivity (Wildman–Crippen MR) is 78.3 cm³/mol. The summed E-state index contributed by atoms with van der Waals surface area (Å²) in [6.45, 7) is 4.12. The lowest BCUT2D eigenvalue weighted by Gasteiger charge is -2.41. The zero-order chi connectivity index (χ0) is 13.1. The van der Waals surface area contributed by atoms with Crippen molar-refractivity contribution in [3.63, 3.8) is 0 Å². The van der Waals surface area contributed by atoms with Gasteiger partial charge in [0, 0.05) is 13.1 Å². The number of hydrogen-bond acceptors (Lipinski definition) is 2. The van der Waals surface area contributed by atoms with Crippen LogP contribution >= 0.6 is 0 Å². The second-order valence-corrected chi connectivity index (χ2v) is 6.25. The number of benzene rings is 1. The van der Waals surface area contributed by atoms with Crippen LogP contribution in [0.3, 0.4) is 0 Å². The second kappa shape index (κ2) is 5.64. The third kappa shape index (κ3) is 3.01. The van der Waals surface area contributed by atoms with Crippen molar-refractivity contribution in [1.29, 1.82) is 0 Å². The van der Waals surface area contributed by atoms with E-state index >= 15 is 0 Å². The first-order chi connectivity index (χ1) is 9.27. The maximum Gasteiger partial charge on any atom is 0.0957 e. The summed E-state index contributed by atoms with van der Waals surface area (Å²) in [6.07, 6.45) is 8.07. The van der Waals surface area contributed by atoms with E-state index in [0.717, 1.165) is 13.1 Å². The highest BCUT2D eigenvalue weighted by atomic mass is 16.5. The molecule has 0 bridgehead atoms. The largest absolute Gasteiger partial charge is 0.364 e. The Kier molecular flexibility index (Phi) is 3.90. The van der Waals surface area contributed by atoms with Gasteiger partial charge in [0.15, 0.2) is 0 Å². The van der Waals surface area contributed by atoms with Gasteiger partial charge in [0.05, 0.1) is 11.7 Å². The van der Waals surface area contributed by atoms with Crippen LogP contribution in [0.25, 0.3) is 0 Å². The molecule has 3 rings (SSSR count). The Hall–Kier alpha value is -0.860. The first-order valence-corrected chi connectivity index (χ1v) is 7.73. The van der Waals surface area contributed by atoms with Gasteiger partial charge in [-0.1, -0.05) is 55.5 Å². The fourth-order valence-corrected chi connectivity index (χ4v) is 3.45. The molecule has 2 fully saturated rings. The molecule has 0 aromatic heterocycles. The lowest BCUT2D eigenvalue weighted by molar-refractivity contribution is -0.126. The van der Waals surface area contributed by atoms with E-state index in [0.29, 0.717) is 0 Å². The van der Waals surface area contributed by atoms with Gasteiger partial charge in [-0.15, -0.1) is 0 Å². The van der Waals surface area contributed by atoms with E-state index in [1.165, 1.54) is 49.7 Å². The zero-order valence-corrected chi connectivity index (χ0v) is 12.0. The molecule has 2 aliphatic rings. The third-order valence-electron chi connectivity index (χ3n) is 4.63. The highest BCUT2D eigenvalue weighted by Gasteiger charge is 2.37. The molecular formula is C17H25NO. The molecule has 1 aliphatic carbocycles. The van der Waals surface area contributed by atoms with E-state index in [4.69, 9.17) is 4.74 Å². The van der Waals surface area contributed by atoms with Gasteiger partial charge in [-0.3, -0.25) is 0 Å². The molecule has 1 atom stereocenters. The molecule has 1 aromatic carbocycles. The van der Waals surface area contributed by atoms with Crippen LogP contribution in [-0.2, 0) is 4.74 Å². The maximum atomic E-state index is 6.56. The molecule has 1 saturated heterocycles. The van der Waals surface area contributed by atoms with Crippen LogP contribution in [-0.4, -0.2) is 18.7 Å². The van der Waals surface area contributed by atoms with Gasteiger partial charge in [-0.2, -0.15) is 0 Å². The van der Waals surface area contributed by atoms with Crippen molar-refractivity contribution in [1.82, 2.24) is 5.32 Å². The van der Waals surface area contributed by atoms with Gasteiger partial charge < -0.3 is 10.1 Å². The lowest BCUT2D eigenvalue weighted by Crippen LogP contribution is -2.50. The van der Waals surface area contributed by atoms with Crippen LogP contribution in [0.1, 0.15) is 55.8 Å².